The fraction of sp³-hybridized carbons (Fsp3) is 0.600. The Bertz CT molecular complexity index is 425. The molecule has 106 valence electrons. The SMILES string of the molecule is COc1ccc(Br)c(C(CN)NC2CCC(C)C2)c1. The molecule has 1 fully saturated rings. The van der Waals surface area contributed by atoms with Gasteiger partial charge in [0.15, 0.2) is 0 Å². The Morgan fingerprint density at radius 2 is 2.26 bits per heavy atom. The largest absolute Gasteiger partial charge is 0.497 e. The molecule has 1 aromatic carbocycles. The predicted octanol–water partition coefficient (Wildman–Crippen LogP) is 3.24. The van der Waals surface area contributed by atoms with Crippen molar-refractivity contribution in [1.29, 1.82) is 0 Å². The maximum atomic E-state index is 5.95. The molecule has 19 heavy (non-hydrogen) atoms. The van der Waals surface area contributed by atoms with Gasteiger partial charge in [0.25, 0.3) is 0 Å². The van der Waals surface area contributed by atoms with E-state index in [1.165, 1.54) is 24.8 Å². The van der Waals surface area contributed by atoms with Crippen LogP contribution in [0.1, 0.15) is 37.8 Å². The van der Waals surface area contributed by atoms with E-state index in [1.54, 1.807) is 7.11 Å². The van der Waals surface area contributed by atoms with Crippen LogP contribution in [0.15, 0.2) is 22.7 Å². The lowest BCUT2D eigenvalue weighted by atomic mass is 10.0. The zero-order chi connectivity index (χ0) is 13.8. The van der Waals surface area contributed by atoms with Crippen molar-refractivity contribution in [3.05, 3.63) is 28.2 Å². The first-order valence-corrected chi connectivity index (χ1v) is 7.73. The van der Waals surface area contributed by atoms with Crippen LogP contribution in [0.5, 0.6) is 5.75 Å². The smallest absolute Gasteiger partial charge is 0.119 e. The summed E-state index contributed by atoms with van der Waals surface area (Å²) in [5, 5.41) is 3.69. The first-order valence-electron chi connectivity index (χ1n) is 6.93. The van der Waals surface area contributed by atoms with Crippen LogP contribution in [-0.2, 0) is 0 Å². The van der Waals surface area contributed by atoms with Crippen LogP contribution >= 0.6 is 15.9 Å². The van der Waals surface area contributed by atoms with Gasteiger partial charge in [0.05, 0.1) is 7.11 Å². The monoisotopic (exact) mass is 326 g/mol. The van der Waals surface area contributed by atoms with Gasteiger partial charge in [-0.3, -0.25) is 0 Å². The van der Waals surface area contributed by atoms with E-state index in [4.69, 9.17) is 10.5 Å². The molecule has 3 atom stereocenters. The lowest BCUT2D eigenvalue weighted by Crippen LogP contribution is -2.35. The Labute approximate surface area is 124 Å². The van der Waals surface area contributed by atoms with Crippen LogP contribution in [-0.4, -0.2) is 19.7 Å². The predicted molar refractivity (Wildman–Crippen MR) is 82.4 cm³/mol. The van der Waals surface area contributed by atoms with Crippen molar-refractivity contribution < 1.29 is 4.74 Å². The number of ether oxygens (including phenoxy) is 1. The second-order valence-electron chi connectivity index (χ2n) is 5.46. The Kier molecular flexibility index (Phi) is 5.25. The van der Waals surface area contributed by atoms with Gasteiger partial charge < -0.3 is 15.8 Å². The highest BCUT2D eigenvalue weighted by Crippen LogP contribution is 2.31. The Morgan fingerprint density at radius 3 is 2.84 bits per heavy atom. The Balaban J connectivity index is 2.12. The topological polar surface area (TPSA) is 47.3 Å². The number of rotatable bonds is 5. The summed E-state index contributed by atoms with van der Waals surface area (Å²) in [6, 6.07) is 6.81. The van der Waals surface area contributed by atoms with Gasteiger partial charge in [-0.2, -0.15) is 0 Å². The van der Waals surface area contributed by atoms with Crippen molar-refractivity contribution in [1.82, 2.24) is 5.32 Å². The van der Waals surface area contributed by atoms with Crippen molar-refractivity contribution in [3.63, 3.8) is 0 Å². The minimum absolute atomic E-state index is 0.180. The van der Waals surface area contributed by atoms with Gasteiger partial charge in [0.2, 0.25) is 0 Å². The lowest BCUT2D eigenvalue weighted by Gasteiger charge is -2.23. The van der Waals surface area contributed by atoms with Crippen LogP contribution in [0.25, 0.3) is 0 Å². The number of methoxy groups -OCH3 is 1. The standard InChI is InChI=1S/C15H23BrN2O/c1-10-3-4-11(7-10)18-15(9-17)13-8-12(19-2)5-6-14(13)16/h5-6,8,10-11,15,18H,3-4,7,9,17H2,1-2H3. The molecule has 0 radical (unpaired) electrons. The average Bonchev–Trinajstić information content (AvgIpc) is 2.82. The second kappa shape index (κ2) is 6.73. The third kappa shape index (κ3) is 3.71. The molecule has 3 N–H and O–H groups in total. The van der Waals surface area contributed by atoms with Gasteiger partial charge >= 0.3 is 0 Å². The number of halogens is 1. The summed E-state index contributed by atoms with van der Waals surface area (Å²) in [6.45, 7) is 2.91. The van der Waals surface area contributed by atoms with Gasteiger partial charge in [-0.05, 0) is 48.9 Å². The summed E-state index contributed by atoms with van der Waals surface area (Å²) >= 11 is 3.61. The molecule has 4 heteroatoms. The quantitative estimate of drug-likeness (QED) is 0.873. The highest BCUT2D eigenvalue weighted by molar-refractivity contribution is 9.10. The molecule has 0 aliphatic heterocycles. The number of hydrogen-bond acceptors (Lipinski definition) is 3. The third-order valence-corrected chi connectivity index (χ3v) is 4.67. The summed E-state index contributed by atoms with van der Waals surface area (Å²) < 4.78 is 6.39. The zero-order valence-corrected chi connectivity index (χ0v) is 13.2. The van der Waals surface area contributed by atoms with E-state index in [0.717, 1.165) is 16.1 Å². The molecular formula is C15H23BrN2O. The van der Waals surface area contributed by atoms with Gasteiger partial charge in [-0.15, -0.1) is 0 Å². The van der Waals surface area contributed by atoms with Crippen molar-refractivity contribution >= 4 is 15.9 Å². The normalized spacial score (nSPS) is 24.4. The molecule has 0 aromatic heterocycles. The van der Waals surface area contributed by atoms with Gasteiger partial charge in [-0.1, -0.05) is 22.9 Å². The van der Waals surface area contributed by atoms with E-state index in [0.29, 0.717) is 12.6 Å². The van der Waals surface area contributed by atoms with Crippen molar-refractivity contribution in [2.24, 2.45) is 11.7 Å². The molecule has 1 saturated carbocycles. The summed E-state index contributed by atoms with van der Waals surface area (Å²) in [5.41, 5.74) is 7.14. The Hall–Kier alpha value is -0.580. The zero-order valence-electron chi connectivity index (χ0n) is 11.7. The van der Waals surface area contributed by atoms with E-state index in [9.17, 15) is 0 Å². The number of hydrogen-bond donors (Lipinski definition) is 2. The van der Waals surface area contributed by atoms with E-state index in [2.05, 4.69) is 34.2 Å². The van der Waals surface area contributed by atoms with Gasteiger partial charge in [-0.25, -0.2) is 0 Å². The molecule has 0 bridgehead atoms. The first-order chi connectivity index (χ1) is 9.13. The highest BCUT2D eigenvalue weighted by Gasteiger charge is 2.24. The molecule has 1 aliphatic rings. The minimum atomic E-state index is 0.180. The molecule has 0 saturated heterocycles. The summed E-state index contributed by atoms with van der Waals surface area (Å²) in [6.07, 6.45) is 3.81. The number of nitrogens with one attached hydrogen (secondary N) is 1. The van der Waals surface area contributed by atoms with Crippen molar-refractivity contribution in [2.45, 2.75) is 38.3 Å². The molecule has 0 spiro atoms. The van der Waals surface area contributed by atoms with Gasteiger partial charge in [0, 0.05) is 23.1 Å². The molecule has 3 nitrogen and oxygen atoms in total. The number of benzene rings is 1. The van der Waals surface area contributed by atoms with Gasteiger partial charge in [0.1, 0.15) is 5.75 Å². The van der Waals surface area contributed by atoms with Crippen LogP contribution in [0.4, 0.5) is 0 Å². The second-order valence-corrected chi connectivity index (χ2v) is 6.31. The van der Waals surface area contributed by atoms with E-state index in [1.807, 2.05) is 12.1 Å². The van der Waals surface area contributed by atoms with Crippen LogP contribution in [0.2, 0.25) is 0 Å². The highest BCUT2D eigenvalue weighted by atomic mass is 79.9. The molecular weight excluding hydrogens is 304 g/mol. The van der Waals surface area contributed by atoms with Crippen LogP contribution < -0.4 is 15.8 Å². The average molecular weight is 327 g/mol. The fourth-order valence-corrected chi connectivity index (χ4v) is 3.37. The van der Waals surface area contributed by atoms with E-state index in [-0.39, 0.29) is 6.04 Å². The summed E-state index contributed by atoms with van der Waals surface area (Å²) in [5.74, 6) is 1.70. The fourth-order valence-electron chi connectivity index (χ4n) is 2.84. The molecule has 2 rings (SSSR count). The minimum Gasteiger partial charge on any atom is -0.497 e. The molecule has 1 aliphatic carbocycles. The summed E-state index contributed by atoms with van der Waals surface area (Å²) in [4.78, 5) is 0. The maximum Gasteiger partial charge on any atom is 0.119 e. The molecule has 0 amide bonds. The number of nitrogens with two attached hydrogens (primary N) is 1. The van der Waals surface area contributed by atoms with E-state index >= 15 is 0 Å². The molecule has 0 heterocycles. The van der Waals surface area contributed by atoms with E-state index < -0.39 is 0 Å². The van der Waals surface area contributed by atoms with Crippen LogP contribution in [0.3, 0.4) is 0 Å². The molecule has 1 aromatic rings. The van der Waals surface area contributed by atoms with Crippen LogP contribution in [0, 0.1) is 5.92 Å². The van der Waals surface area contributed by atoms with Crippen molar-refractivity contribution in [3.8, 4) is 5.75 Å². The third-order valence-electron chi connectivity index (χ3n) is 3.95. The lowest BCUT2D eigenvalue weighted by molar-refractivity contribution is 0.408. The first kappa shape index (κ1) is 14.8. The Morgan fingerprint density at radius 1 is 1.47 bits per heavy atom. The molecule has 3 unspecified atom stereocenters. The van der Waals surface area contributed by atoms with Crippen molar-refractivity contribution in [2.75, 3.05) is 13.7 Å². The summed E-state index contributed by atoms with van der Waals surface area (Å²) in [7, 11) is 1.69. The maximum absolute atomic E-state index is 5.95.